The summed E-state index contributed by atoms with van der Waals surface area (Å²) in [7, 11) is 3.79. The van der Waals surface area contributed by atoms with Crippen molar-refractivity contribution in [2.45, 2.75) is 19.0 Å². The summed E-state index contributed by atoms with van der Waals surface area (Å²) in [5.41, 5.74) is 0. The lowest BCUT2D eigenvalue weighted by molar-refractivity contribution is 0.112. The van der Waals surface area contributed by atoms with E-state index in [1.54, 1.807) is 18.4 Å². The highest BCUT2D eigenvalue weighted by Gasteiger charge is 2.25. The summed E-state index contributed by atoms with van der Waals surface area (Å²) in [6, 6.07) is 4.34. The third-order valence-corrected chi connectivity index (χ3v) is 5.07. The van der Waals surface area contributed by atoms with Gasteiger partial charge in [0.1, 0.15) is 0 Å². The first kappa shape index (κ1) is 18.2. The van der Waals surface area contributed by atoms with Gasteiger partial charge in [-0.3, -0.25) is 4.90 Å². The van der Waals surface area contributed by atoms with Gasteiger partial charge in [0.25, 0.3) is 0 Å². The van der Waals surface area contributed by atoms with Crippen LogP contribution in [0.2, 0.25) is 0 Å². The van der Waals surface area contributed by atoms with Crippen LogP contribution in [0.4, 0.5) is 4.79 Å². The average Bonchev–Trinajstić information content (AvgIpc) is 3.03. The van der Waals surface area contributed by atoms with E-state index in [1.165, 1.54) is 4.88 Å². The number of methoxy groups -OCH3 is 1. The first-order chi connectivity index (χ1) is 11.1. The number of hydrogen-bond acceptors (Lipinski definition) is 5. The third kappa shape index (κ3) is 5.76. The number of rotatable bonds is 7. The number of carbonyl (C=O) groups is 1. The van der Waals surface area contributed by atoms with Crippen molar-refractivity contribution in [3.05, 3.63) is 22.4 Å². The predicted molar refractivity (Wildman–Crippen MR) is 94.0 cm³/mol. The molecule has 1 saturated heterocycles. The lowest BCUT2D eigenvalue weighted by Gasteiger charge is -2.37. The molecule has 2 atom stereocenters. The molecule has 0 bridgehead atoms. The predicted octanol–water partition coefficient (Wildman–Crippen LogP) is 1.37. The molecule has 1 fully saturated rings. The molecule has 1 aliphatic rings. The van der Waals surface area contributed by atoms with E-state index in [0.29, 0.717) is 13.2 Å². The number of amides is 2. The maximum atomic E-state index is 12.0. The SMILES string of the molecule is COC[C@H](C)NC(=O)NC[C@@H](c1cccs1)N1CCN(C)CC1. The molecule has 6 nitrogen and oxygen atoms in total. The molecule has 2 heterocycles. The van der Waals surface area contributed by atoms with Crippen molar-refractivity contribution in [2.24, 2.45) is 0 Å². The van der Waals surface area contributed by atoms with Crippen LogP contribution in [0.1, 0.15) is 17.8 Å². The zero-order chi connectivity index (χ0) is 16.7. The van der Waals surface area contributed by atoms with E-state index in [0.717, 1.165) is 26.2 Å². The molecule has 2 amide bonds. The van der Waals surface area contributed by atoms with Gasteiger partial charge in [0, 0.05) is 44.7 Å². The Labute approximate surface area is 142 Å². The number of likely N-dealkylation sites (N-methyl/N-ethyl adjacent to an activating group) is 1. The van der Waals surface area contributed by atoms with Gasteiger partial charge in [-0.25, -0.2) is 4.79 Å². The monoisotopic (exact) mass is 340 g/mol. The van der Waals surface area contributed by atoms with E-state index in [1.807, 2.05) is 6.92 Å². The van der Waals surface area contributed by atoms with Crippen molar-refractivity contribution < 1.29 is 9.53 Å². The number of ether oxygens (including phenoxy) is 1. The van der Waals surface area contributed by atoms with Gasteiger partial charge in [0.15, 0.2) is 0 Å². The second-order valence-corrected chi connectivity index (χ2v) is 7.06. The highest BCUT2D eigenvalue weighted by Crippen LogP contribution is 2.25. The first-order valence-corrected chi connectivity index (χ1v) is 8.97. The van der Waals surface area contributed by atoms with Gasteiger partial charge in [-0.1, -0.05) is 6.07 Å². The number of nitrogens with zero attached hydrogens (tertiary/aromatic N) is 2. The van der Waals surface area contributed by atoms with Gasteiger partial charge in [0.2, 0.25) is 0 Å². The average molecular weight is 340 g/mol. The molecule has 0 aliphatic carbocycles. The van der Waals surface area contributed by atoms with Crippen molar-refractivity contribution in [3.63, 3.8) is 0 Å². The minimum atomic E-state index is -0.134. The van der Waals surface area contributed by atoms with Crippen molar-refractivity contribution in [3.8, 4) is 0 Å². The summed E-state index contributed by atoms with van der Waals surface area (Å²) < 4.78 is 5.04. The minimum absolute atomic E-state index is 0.00354. The quantitative estimate of drug-likeness (QED) is 0.787. The largest absolute Gasteiger partial charge is 0.383 e. The maximum Gasteiger partial charge on any atom is 0.315 e. The Morgan fingerprint density at radius 2 is 2.13 bits per heavy atom. The third-order valence-electron chi connectivity index (χ3n) is 4.10. The van der Waals surface area contributed by atoms with Crippen LogP contribution in [-0.4, -0.2) is 75.4 Å². The fraction of sp³-hybridized carbons (Fsp3) is 0.688. The van der Waals surface area contributed by atoms with Crippen molar-refractivity contribution in [2.75, 3.05) is 53.5 Å². The topological polar surface area (TPSA) is 56.8 Å². The summed E-state index contributed by atoms with van der Waals surface area (Å²) in [6.07, 6.45) is 0. The number of hydrogen-bond donors (Lipinski definition) is 2. The Hall–Kier alpha value is -1.15. The molecule has 0 aromatic carbocycles. The van der Waals surface area contributed by atoms with Crippen LogP contribution in [-0.2, 0) is 4.74 Å². The van der Waals surface area contributed by atoms with E-state index in [4.69, 9.17) is 4.74 Å². The van der Waals surface area contributed by atoms with Crippen LogP contribution < -0.4 is 10.6 Å². The van der Waals surface area contributed by atoms with Crippen molar-refractivity contribution in [1.82, 2.24) is 20.4 Å². The van der Waals surface area contributed by atoms with Crippen LogP contribution in [0.3, 0.4) is 0 Å². The number of nitrogens with one attached hydrogen (secondary N) is 2. The Kier molecular flexibility index (Phi) is 7.29. The molecule has 0 saturated carbocycles. The van der Waals surface area contributed by atoms with E-state index in [9.17, 15) is 4.79 Å². The van der Waals surface area contributed by atoms with Crippen LogP contribution in [0.5, 0.6) is 0 Å². The zero-order valence-electron chi connectivity index (χ0n) is 14.2. The fourth-order valence-electron chi connectivity index (χ4n) is 2.78. The second-order valence-electron chi connectivity index (χ2n) is 6.08. The summed E-state index contributed by atoms with van der Waals surface area (Å²) in [4.78, 5) is 18.1. The lowest BCUT2D eigenvalue weighted by Crippen LogP contribution is -2.50. The highest BCUT2D eigenvalue weighted by atomic mass is 32.1. The van der Waals surface area contributed by atoms with Gasteiger partial charge in [-0.05, 0) is 25.4 Å². The Balaban J connectivity index is 1.89. The molecule has 2 rings (SSSR count). The molecular weight excluding hydrogens is 312 g/mol. The highest BCUT2D eigenvalue weighted by molar-refractivity contribution is 7.10. The molecule has 2 N–H and O–H groups in total. The van der Waals surface area contributed by atoms with Gasteiger partial charge in [0.05, 0.1) is 18.7 Å². The number of piperazine rings is 1. The molecule has 23 heavy (non-hydrogen) atoms. The number of urea groups is 1. The first-order valence-electron chi connectivity index (χ1n) is 8.09. The fourth-order valence-corrected chi connectivity index (χ4v) is 3.64. The molecule has 1 aromatic heterocycles. The summed E-state index contributed by atoms with van der Waals surface area (Å²) in [6.45, 7) is 7.26. The van der Waals surface area contributed by atoms with Gasteiger partial charge in [-0.15, -0.1) is 11.3 Å². The lowest BCUT2D eigenvalue weighted by atomic mass is 10.1. The minimum Gasteiger partial charge on any atom is -0.383 e. The molecule has 1 aromatic rings. The molecule has 130 valence electrons. The molecular formula is C16H28N4O2S. The Morgan fingerprint density at radius 1 is 1.39 bits per heavy atom. The molecule has 7 heteroatoms. The van der Waals surface area contributed by atoms with E-state index >= 15 is 0 Å². The molecule has 0 spiro atoms. The van der Waals surface area contributed by atoms with E-state index in [2.05, 4.69) is 45.0 Å². The van der Waals surface area contributed by atoms with Crippen LogP contribution in [0.25, 0.3) is 0 Å². The Bertz CT molecular complexity index is 461. The maximum absolute atomic E-state index is 12.0. The number of carbonyl (C=O) groups excluding carboxylic acids is 1. The van der Waals surface area contributed by atoms with Crippen LogP contribution in [0.15, 0.2) is 17.5 Å². The number of thiophene rings is 1. The Morgan fingerprint density at radius 3 is 2.74 bits per heavy atom. The van der Waals surface area contributed by atoms with Crippen LogP contribution in [0, 0.1) is 0 Å². The van der Waals surface area contributed by atoms with Crippen molar-refractivity contribution >= 4 is 17.4 Å². The van der Waals surface area contributed by atoms with Gasteiger partial charge >= 0.3 is 6.03 Å². The smallest absolute Gasteiger partial charge is 0.315 e. The van der Waals surface area contributed by atoms with Gasteiger partial charge < -0.3 is 20.3 Å². The zero-order valence-corrected chi connectivity index (χ0v) is 15.1. The van der Waals surface area contributed by atoms with Gasteiger partial charge in [-0.2, -0.15) is 0 Å². The summed E-state index contributed by atoms with van der Waals surface area (Å²) in [5.74, 6) is 0. The van der Waals surface area contributed by atoms with E-state index in [-0.39, 0.29) is 18.1 Å². The van der Waals surface area contributed by atoms with E-state index < -0.39 is 0 Å². The summed E-state index contributed by atoms with van der Waals surface area (Å²) in [5, 5.41) is 8.00. The second kappa shape index (κ2) is 9.22. The molecule has 0 radical (unpaired) electrons. The van der Waals surface area contributed by atoms with Crippen molar-refractivity contribution in [1.29, 1.82) is 0 Å². The van der Waals surface area contributed by atoms with Crippen LogP contribution >= 0.6 is 11.3 Å². The normalized spacial score (nSPS) is 19.3. The molecule has 0 unspecified atom stereocenters. The summed E-state index contributed by atoms with van der Waals surface area (Å²) >= 11 is 1.75. The molecule has 1 aliphatic heterocycles. The standard InChI is InChI=1S/C16H28N4O2S/c1-13(12-22-3)18-16(21)17-11-14(15-5-4-10-23-15)20-8-6-19(2)7-9-20/h4-5,10,13-14H,6-9,11-12H2,1-3H3,(H2,17,18,21)/t13-,14-/m0/s1.